The summed E-state index contributed by atoms with van der Waals surface area (Å²) in [7, 11) is 1.70. The number of carbonyl (C=O) groups is 2. The van der Waals surface area contributed by atoms with Crippen molar-refractivity contribution in [3.05, 3.63) is 39.8 Å². The molecule has 0 fully saturated rings. The van der Waals surface area contributed by atoms with Gasteiger partial charge in [0, 0.05) is 23.3 Å². The van der Waals surface area contributed by atoms with Crippen LogP contribution in [-0.4, -0.2) is 24.0 Å². The molecule has 6 heteroatoms. The highest BCUT2D eigenvalue weighted by Gasteiger charge is 2.14. The molecule has 0 saturated heterocycles. The van der Waals surface area contributed by atoms with Gasteiger partial charge in [-0.05, 0) is 41.4 Å². The van der Waals surface area contributed by atoms with Crippen molar-refractivity contribution in [3.63, 3.8) is 0 Å². The van der Waals surface area contributed by atoms with Crippen molar-refractivity contribution in [2.75, 3.05) is 7.05 Å². The summed E-state index contributed by atoms with van der Waals surface area (Å²) >= 11 is 3.28. The molecule has 1 rings (SSSR count). The number of carbonyl (C=O) groups excluding carboxylic acids is 2. The lowest BCUT2D eigenvalue weighted by atomic mass is 10.3. The topological polar surface area (TPSA) is 68.3 Å². The summed E-state index contributed by atoms with van der Waals surface area (Å²) < 4.78 is 5.48. The number of rotatable bonds is 4. The van der Waals surface area contributed by atoms with Gasteiger partial charge in [0.15, 0.2) is 0 Å². The van der Waals surface area contributed by atoms with E-state index >= 15 is 0 Å². The Hall–Kier alpha value is -1.69. The van der Waals surface area contributed by atoms with Gasteiger partial charge in [-0.3, -0.25) is 0 Å². The molecule has 0 saturated carbocycles. The summed E-state index contributed by atoms with van der Waals surface area (Å²) in [5.74, 6) is -1.47. The maximum Gasteiger partial charge on any atom is 0.364 e. The van der Waals surface area contributed by atoms with E-state index in [9.17, 15) is 9.59 Å². The molecular formula is C13H15BrN2O3. The molecule has 5 nitrogen and oxygen atoms in total. The number of hydrogen-bond donors (Lipinski definition) is 1. The maximum absolute atomic E-state index is 11.7. The standard InChI is InChI=1S/C13H15BrN2O3/c1-4-9(15-3)7-12(17)19-13(18)11-6-5-10(14)8(2)16-11/h5-7,15H,4H2,1-3H3/b9-7+. The zero-order chi connectivity index (χ0) is 14.4. The third-order valence-corrected chi connectivity index (χ3v) is 3.26. The number of aryl methyl sites for hydroxylation is 1. The zero-order valence-corrected chi connectivity index (χ0v) is 12.6. The third-order valence-electron chi connectivity index (χ3n) is 2.42. The second kappa shape index (κ2) is 7.04. The predicted molar refractivity (Wildman–Crippen MR) is 74.5 cm³/mol. The van der Waals surface area contributed by atoms with Crippen molar-refractivity contribution in [1.29, 1.82) is 0 Å². The summed E-state index contributed by atoms with van der Waals surface area (Å²) in [6.45, 7) is 3.63. The Morgan fingerprint density at radius 2 is 2.16 bits per heavy atom. The van der Waals surface area contributed by atoms with Crippen molar-refractivity contribution < 1.29 is 14.3 Å². The first-order valence-electron chi connectivity index (χ1n) is 5.75. The van der Waals surface area contributed by atoms with Crippen LogP contribution in [0.3, 0.4) is 0 Å². The monoisotopic (exact) mass is 326 g/mol. The second-order valence-corrected chi connectivity index (χ2v) is 4.60. The van der Waals surface area contributed by atoms with E-state index in [1.54, 1.807) is 20.0 Å². The molecule has 0 unspecified atom stereocenters. The molecule has 0 amide bonds. The molecule has 0 radical (unpaired) electrons. The fourth-order valence-electron chi connectivity index (χ4n) is 1.32. The van der Waals surface area contributed by atoms with Crippen molar-refractivity contribution in [2.45, 2.75) is 20.3 Å². The first kappa shape index (κ1) is 15.4. The molecule has 1 N–H and O–H groups in total. The molecular weight excluding hydrogens is 312 g/mol. The van der Waals surface area contributed by atoms with Gasteiger partial charge in [-0.1, -0.05) is 6.92 Å². The quantitative estimate of drug-likeness (QED) is 0.522. The zero-order valence-electron chi connectivity index (χ0n) is 11.0. The van der Waals surface area contributed by atoms with E-state index in [4.69, 9.17) is 4.74 Å². The van der Waals surface area contributed by atoms with Crippen LogP contribution in [0.25, 0.3) is 0 Å². The highest BCUT2D eigenvalue weighted by Crippen LogP contribution is 2.14. The average Bonchev–Trinajstić information content (AvgIpc) is 2.38. The van der Waals surface area contributed by atoms with Crippen LogP contribution in [0.4, 0.5) is 0 Å². The number of nitrogens with zero attached hydrogens (tertiary/aromatic N) is 1. The third kappa shape index (κ3) is 4.48. The first-order valence-corrected chi connectivity index (χ1v) is 6.54. The second-order valence-electron chi connectivity index (χ2n) is 3.75. The maximum atomic E-state index is 11.7. The van der Waals surface area contributed by atoms with Gasteiger partial charge in [0.2, 0.25) is 0 Å². The van der Waals surface area contributed by atoms with E-state index in [-0.39, 0.29) is 5.69 Å². The van der Waals surface area contributed by atoms with E-state index in [1.165, 1.54) is 12.1 Å². The molecule has 0 atom stereocenters. The van der Waals surface area contributed by atoms with Gasteiger partial charge in [-0.15, -0.1) is 0 Å². The smallest absolute Gasteiger partial charge is 0.364 e. The molecule has 19 heavy (non-hydrogen) atoms. The van der Waals surface area contributed by atoms with E-state index in [1.807, 2.05) is 6.92 Å². The largest absolute Gasteiger partial charge is 0.391 e. The Morgan fingerprint density at radius 1 is 1.47 bits per heavy atom. The minimum Gasteiger partial charge on any atom is -0.391 e. The number of ether oxygens (including phenoxy) is 1. The van der Waals surface area contributed by atoms with Crippen LogP contribution in [0.1, 0.15) is 29.5 Å². The summed E-state index contributed by atoms with van der Waals surface area (Å²) in [4.78, 5) is 27.3. The van der Waals surface area contributed by atoms with Crippen LogP contribution in [-0.2, 0) is 9.53 Å². The summed E-state index contributed by atoms with van der Waals surface area (Å²) in [5, 5.41) is 2.84. The first-order chi connectivity index (χ1) is 8.97. The molecule has 0 bridgehead atoms. The number of allylic oxidation sites excluding steroid dienone is 1. The van der Waals surface area contributed by atoms with E-state index in [0.29, 0.717) is 17.8 Å². The van der Waals surface area contributed by atoms with Crippen LogP contribution in [0, 0.1) is 6.92 Å². The Morgan fingerprint density at radius 3 is 2.68 bits per heavy atom. The van der Waals surface area contributed by atoms with Crippen LogP contribution >= 0.6 is 15.9 Å². The summed E-state index contributed by atoms with van der Waals surface area (Å²) in [5.41, 5.74) is 1.45. The Kier molecular flexibility index (Phi) is 5.69. The van der Waals surface area contributed by atoms with Crippen LogP contribution < -0.4 is 5.32 Å². The Bertz CT molecular complexity index is 521. The SMILES string of the molecule is CC/C(=C\C(=O)OC(=O)c1ccc(Br)c(C)n1)NC. The van der Waals surface area contributed by atoms with E-state index in [0.717, 1.165) is 4.47 Å². The number of hydrogen-bond acceptors (Lipinski definition) is 5. The van der Waals surface area contributed by atoms with Gasteiger partial charge in [0.05, 0.1) is 5.69 Å². The lowest BCUT2D eigenvalue weighted by Crippen LogP contribution is -2.15. The van der Waals surface area contributed by atoms with E-state index in [2.05, 4.69) is 26.2 Å². The molecule has 102 valence electrons. The van der Waals surface area contributed by atoms with Gasteiger partial charge < -0.3 is 10.1 Å². The fourth-order valence-corrected chi connectivity index (χ4v) is 1.54. The fraction of sp³-hybridized carbons (Fsp3) is 0.308. The molecule has 1 heterocycles. The number of pyridine rings is 1. The minimum absolute atomic E-state index is 0.102. The van der Waals surface area contributed by atoms with Gasteiger partial charge >= 0.3 is 11.9 Å². The van der Waals surface area contributed by atoms with Gasteiger partial charge in [0.25, 0.3) is 0 Å². The molecule has 0 aliphatic rings. The number of aromatic nitrogens is 1. The van der Waals surface area contributed by atoms with Crippen molar-refractivity contribution in [2.24, 2.45) is 0 Å². The average molecular weight is 327 g/mol. The highest BCUT2D eigenvalue weighted by molar-refractivity contribution is 9.10. The lowest BCUT2D eigenvalue weighted by molar-refractivity contribution is -0.132. The Labute approximate surface area is 120 Å². The molecule has 1 aromatic rings. The van der Waals surface area contributed by atoms with Gasteiger partial charge in [0.1, 0.15) is 5.69 Å². The number of esters is 2. The highest BCUT2D eigenvalue weighted by atomic mass is 79.9. The Balaban J connectivity index is 2.77. The molecule has 0 aliphatic carbocycles. The van der Waals surface area contributed by atoms with Crippen molar-refractivity contribution >= 4 is 27.9 Å². The van der Waals surface area contributed by atoms with Gasteiger partial charge in [-0.2, -0.15) is 0 Å². The molecule has 0 aliphatic heterocycles. The normalized spacial score (nSPS) is 11.1. The van der Waals surface area contributed by atoms with Gasteiger partial charge in [-0.25, -0.2) is 14.6 Å². The number of nitrogens with one attached hydrogen (secondary N) is 1. The van der Waals surface area contributed by atoms with Crippen LogP contribution in [0.15, 0.2) is 28.4 Å². The molecule has 0 spiro atoms. The molecule has 0 aromatic carbocycles. The predicted octanol–water partition coefficient (Wildman–Crippen LogP) is 2.35. The van der Waals surface area contributed by atoms with E-state index < -0.39 is 11.9 Å². The lowest BCUT2D eigenvalue weighted by Gasteiger charge is -2.04. The summed E-state index contributed by atoms with van der Waals surface area (Å²) in [6, 6.07) is 3.18. The number of halogens is 1. The van der Waals surface area contributed by atoms with Crippen LogP contribution in [0.5, 0.6) is 0 Å². The summed E-state index contributed by atoms with van der Waals surface area (Å²) in [6.07, 6.45) is 1.90. The molecule has 1 aromatic heterocycles. The van der Waals surface area contributed by atoms with Crippen molar-refractivity contribution in [1.82, 2.24) is 10.3 Å². The minimum atomic E-state index is -0.761. The van der Waals surface area contributed by atoms with Crippen LogP contribution in [0.2, 0.25) is 0 Å². The van der Waals surface area contributed by atoms with Crippen molar-refractivity contribution in [3.8, 4) is 0 Å².